The van der Waals surface area contributed by atoms with E-state index in [2.05, 4.69) is 25.4 Å². The van der Waals surface area contributed by atoms with Crippen LogP contribution in [0.1, 0.15) is 35.3 Å². The molecule has 10 heteroatoms. The second kappa shape index (κ2) is 9.86. The third kappa shape index (κ3) is 5.29. The van der Waals surface area contributed by atoms with Crippen molar-refractivity contribution in [2.75, 3.05) is 18.0 Å². The number of nitro benzene ring substituents is 1. The van der Waals surface area contributed by atoms with Gasteiger partial charge in [-0.05, 0) is 37.5 Å². The van der Waals surface area contributed by atoms with E-state index in [4.69, 9.17) is 0 Å². The number of hydrogen-bond acceptors (Lipinski definition) is 8. The van der Waals surface area contributed by atoms with Gasteiger partial charge in [-0.2, -0.15) is 5.10 Å². The lowest BCUT2D eigenvalue weighted by Gasteiger charge is -2.27. The largest absolute Gasteiger partial charge is 0.502 e. The number of nitrogens with one attached hydrogen (secondary N) is 1. The van der Waals surface area contributed by atoms with Crippen LogP contribution in [0.3, 0.4) is 0 Å². The number of aromatic hydroxyl groups is 1. The van der Waals surface area contributed by atoms with Gasteiger partial charge in [0.25, 0.3) is 5.91 Å². The van der Waals surface area contributed by atoms with Crippen LogP contribution in [0.5, 0.6) is 5.75 Å². The number of phenolic OH excluding ortho intramolecular Hbond substituents is 1. The van der Waals surface area contributed by atoms with Crippen LogP contribution in [0.4, 0.5) is 11.6 Å². The van der Waals surface area contributed by atoms with Crippen LogP contribution in [0.25, 0.3) is 11.3 Å². The summed E-state index contributed by atoms with van der Waals surface area (Å²) in [5, 5.41) is 24.4. The maximum atomic E-state index is 12.8. The lowest BCUT2D eigenvalue weighted by Crippen LogP contribution is -2.32. The van der Waals surface area contributed by atoms with Gasteiger partial charge < -0.3 is 10.0 Å². The Balaban J connectivity index is 1.58. The fourth-order valence-electron chi connectivity index (χ4n) is 3.53. The molecule has 1 fully saturated rings. The quantitative estimate of drug-likeness (QED) is 0.336. The molecule has 3 aromatic rings. The Bertz CT molecular complexity index is 1190. The Morgan fingerprint density at radius 2 is 1.85 bits per heavy atom. The molecule has 0 aliphatic carbocycles. The third-order valence-electron chi connectivity index (χ3n) is 5.23. The molecule has 2 heterocycles. The van der Waals surface area contributed by atoms with E-state index in [0.29, 0.717) is 17.2 Å². The number of phenols is 1. The SMILES string of the molecule is O=C(N/N=C/c1ccc(O)c([N+](=O)[O-])c1)c1cc(-c2ccccc2)nc(N2CCCCC2)n1. The van der Waals surface area contributed by atoms with Gasteiger partial charge in [-0.25, -0.2) is 15.4 Å². The van der Waals surface area contributed by atoms with E-state index >= 15 is 0 Å². The van der Waals surface area contributed by atoms with Crippen LogP contribution in [0.15, 0.2) is 59.7 Å². The smallest absolute Gasteiger partial charge is 0.311 e. The Kier molecular flexibility index (Phi) is 6.53. The fraction of sp³-hybridized carbons (Fsp3) is 0.217. The zero-order valence-electron chi connectivity index (χ0n) is 17.7. The molecule has 33 heavy (non-hydrogen) atoms. The average Bonchev–Trinajstić information content (AvgIpc) is 2.85. The summed E-state index contributed by atoms with van der Waals surface area (Å²) < 4.78 is 0. The van der Waals surface area contributed by atoms with Crippen LogP contribution in [0.2, 0.25) is 0 Å². The molecular weight excluding hydrogens is 424 g/mol. The standard InChI is InChI=1S/C23H22N6O4/c30-21-10-9-16(13-20(21)29(32)33)15-24-27-22(31)19-14-18(17-7-3-1-4-8-17)25-23(26-19)28-11-5-2-6-12-28/h1,3-4,7-10,13-15,30H,2,5-6,11-12H2,(H,27,31)/b24-15+. The number of amides is 1. The number of piperidine rings is 1. The van der Waals surface area contributed by atoms with Crippen molar-refractivity contribution in [1.82, 2.24) is 15.4 Å². The number of carbonyl (C=O) groups is 1. The molecule has 1 aliphatic heterocycles. The molecule has 168 valence electrons. The normalized spacial score (nSPS) is 13.8. The van der Waals surface area contributed by atoms with Gasteiger partial charge in [-0.3, -0.25) is 14.9 Å². The molecule has 0 unspecified atom stereocenters. The van der Waals surface area contributed by atoms with Crippen molar-refractivity contribution >= 4 is 23.8 Å². The van der Waals surface area contributed by atoms with Gasteiger partial charge in [-0.1, -0.05) is 30.3 Å². The minimum absolute atomic E-state index is 0.165. The predicted molar refractivity (Wildman–Crippen MR) is 123 cm³/mol. The molecule has 1 saturated heterocycles. The van der Waals surface area contributed by atoms with Gasteiger partial charge in [0.1, 0.15) is 5.69 Å². The topological polar surface area (TPSA) is 134 Å². The van der Waals surface area contributed by atoms with Gasteiger partial charge in [0, 0.05) is 30.3 Å². The van der Waals surface area contributed by atoms with Crippen molar-refractivity contribution in [1.29, 1.82) is 0 Å². The maximum absolute atomic E-state index is 12.8. The summed E-state index contributed by atoms with van der Waals surface area (Å²) in [6.45, 7) is 1.66. The first-order chi connectivity index (χ1) is 16.0. The molecule has 2 N–H and O–H groups in total. The van der Waals surface area contributed by atoms with E-state index in [9.17, 15) is 20.0 Å². The number of hydrogen-bond donors (Lipinski definition) is 2. The van der Waals surface area contributed by atoms with Crippen LogP contribution in [-0.2, 0) is 0 Å². The lowest BCUT2D eigenvalue weighted by molar-refractivity contribution is -0.385. The van der Waals surface area contributed by atoms with Crippen molar-refractivity contribution in [2.24, 2.45) is 5.10 Å². The highest BCUT2D eigenvalue weighted by molar-refractivity contribution is 5.94. The van der Waals surface area contributed by atoms with Crippen LogP contribution in [0, 0.1) is 10.1 Å². The number of anilines is 1. The van der Waals surface area contributed by atoms with E-state index in [0.717, 1.165) is 44.0 Å². The third-order valence-corrected chi connectivity index (χ3v) is 5.23. The number of nitro groups is 1. The molecule has 1 aliphatic rings. The Morgan fingerprint density at radius 3 is 2.58 bits per heavy atom. The van der Waals surface area contributed by atoms with E-state index in [1.165, 1.54) is 18.3 Å². The van der Waals surface area contributed by atoms with Gasteiger partial charge in [0.2, 0.25) is 5.95 Å². The molecule has 0 bridgehead atoms. The number of hydrazone groups is 1. The minimum atomic E-state index is -0.695. The van der Waals surface area contributed by atoms with Gasteiger partial charge in [0.05, 0.1) is 16.8 Å². The summed E-state index contributed by atoms with van der Waals surface area (Å²) in [5.74, 6) is -0.474. The van der Waals surface area contributed by atoms with E-state index < -0.39 is 22.3 Å². The second-order valence-electron chi connectivity index (χ2n) is 7.56. The number of rotatable bonds is 6. The van der Waals surface area contributed by atoms with Crippen LogP contribution in [-0.4, -0.2) is 45.2 Å². The molecule has 0 radical (unpaired) electrons. The molecule has 1 amide bonds. The molecule has 4 rings (SSSR count). The highest BCUT2D eigenvalue weighted by atomic mass is 16.6. The monoisotopic (exact) mass is 446 g/mol. The first-order valence-corrected chi connectivity index (χ1v) is 10.5. The average molecular weight is 446 g/mol. The van der Waals surface area contributed by atoms with Crippen LogP contribution >= 0.6 is 0 Å². The maximum Gasteiger partial charge on any atom is 0.311 e. The summed E-state index contributed by atoms with van der Waals surface area (Å²) in [6, 6.07) is 15.0. The molecule has 1 aromatic heterocycles. The Labute approximate surface area is 189 Å². The molecule has 10 nitrogen and oxygen atoms in total. The van der Waals surface area contributed by atoms with Crippen LogP contribution < -0.4 is 10.3 Å². The van der Waals surface area contributed by atoms with Gasteiger partial charge in [-0.15, -0.1) is 0 Å². The number of benzene rings is 2. The summed E-state index contributed by atoms with van der Waals surface area (Å²) in [6.07, 6.45) is 4.51. The predicted octanol–water partition coefficient (Wildman–Crippen LogP) is 3.51. The Hall–Kier alpha value is -4.34. The van der Waals surface area contributed by atoms with Crippen molar-refractivity contribution in [3.63, 3.8) is 0 Å². The second-order valence-corrected chi connectivity index (χ2v) is 7.56. The minimum Gasteiger partial charge on any atom is -0.502 e. The first-order valence-electron chi connectivity index (χ1n) is 10.5. The summed E-state index contributed by atoms with van der Waals surface area (Å²) in [4.78, 5) is 34.3. The van der Waals surface area contributed by atoms with Crippen molar-refractivity contribution in [2.45, 2.75) is 19.3 Å². The number of nitrogens with zero attached hydrogens (tertiary/aromatic N) is 5. The van der Waals surface area contributed by atoms with E-state index in [1.54, 1.807) is 6.07 Å². The van der Waals surface area contributed by atoms with Crippen molar-refractivity contribution < 1.29 is 14.8 Å². The van der Waals surface area contributed by atoms with Gasteiger partial charge >= 0.3 is 5.69 Å². The molecular formula is C23H22N6O4. The molecule has 0 saturated carbocycles. The summed E-state index contributed by atoms with van der Waals surface area (Å²) in [7, 11) is 0. The first kappa shape index (κ1) is 21.9. The van der Waals surface area contributed by atoms with Gasteiger partial charge in [0.15, 0.2) is 5.75 Å². The van der Waals surface area contributed by atoms with E-state index in [-0.39, 0.29) is 5.69 Å². The highest BCUT2D eigenvalue weighted by Gasteiger charge is 2.19. The van der Waals surface area contributed by atoms with Crippen molar-refractivity contribution in [3.8, 4) is 17.0 Å². The lowest BCUT2D eigenvalue weighted by atomic mass is 10.1. The highest BCUT2D eigenvalue weighted by Crippen LogP contribution is 2.26. The molecule has 2 aromatic carbocycles. The fourth-order valence-corrected chi connectivity index (χ4v) is 3.53. The number of carbonyl (C=O) groups excluding carboxylic acids is 1. The molecule has 0 spiro atoms. The van der Waals surface area contributed by atoms with E-state index in [1.807, 2.05) is 30.3 Å². The number of aromatic nitrogens is 2. The summed E-state index contributed by atoms with van der Waals surface area (Å²) >= 11 is 0. The summed E-state index contributed by atoms with van der Waals surface area (Å²) in [5.41, 5.74) is 3.98. The van der Waals surface area contributed by atoms with Crippen molar-refractivity contribution in [3.05, 3.63) is 76.0 Å². The molecule has 0 atom stereocenters. The Morgan fingerprint density at radius 1 is 1.09 bits per heavy atom. The zero-order chi connectivity index (χ0) is 23.2. The zero-order valence-corrected chi connectivity index (χ0v) is 17.7.